The first-order valence-electron chi connectivity index (χ1n) is 3.78. The lowest BCUT2D eigenvalue weighted by atomic mass is 10.1. The molecule has 64 valence electrons. The molecule has 0 unspecified atom stereocenters. The average Bonchev–Trinajstić information content (AvgIpc) is 2.05. The SMILES string of the molecule is CCc1ccc(NC(=O)Br)cc1. The van der Waals surface area contributed by atoms with E-state index in [4.69, 9.17) is 0 Å². The number of halogens is 1. The smallest absolute Gasteiger partial charge is 0.291 e. The molecule has 2 nitrogen and oxygen atoms in total. The third kappa shape index (κ3) is 2.66. The predicted octanol–water partition coefficient (Wildman–Crippen LogP) is 3.18. The van der Waals surface area contributed by atoms with E-state index in [-0.39, 0.29) is 4.82 Å². The molecule has 0 aliphatic heterocycles. The van der Waals surface area contributed by atoms with Gasteiger partial charge >= 0.3 is 0 Å². The van der Waals surface area contributed by atoms with Gasteiger partial charge in [-0.1, -0.05) is 19.1 Å². The standard InChI is InChI=1S/C9H10BrNO/c1-2-7-3-5-8(6-4-7)11-9(10)12/h3-6H,2H2,1H3,(H,11,12). The Hall–Kier alpha value is -0.830. The van der Waals surface area contributed by atoms with Crippen molar-refractivity contribution in [1.29, 1.82) is 0 Å². The van der Waals surface area contributed by atoms with Crippen LogP contribution < -0.4 is 5.32 Å². The van der Waals surface area contributed by atoms with E-state index in [1.807, 2.05) is 24.3 Å². The summed E-state index contributed by atoms with van der Waals surface area (Å²) >= 11 is 2.80. The minimum absolute atomic E-state index is 0.216. The van der Waals surface area contributed by atoms with Gasteiger partial charge in [-0.05, 0) is 24.1 Å². The Labute approximate surface area is 80.1 Å². The number of hydrogen-bond donors (Lipinski definition) is 1. The number of aryl methyl sites for hydroxylation is 1. The third-order valence-corrected chi connectivity index (χ3v) is 1.80. The van der Waals surface area contributed by atoms with E-state index in [9.17, 15) is 4.79 Å². The molecule has 1 N–H and O–H groups in total. The van der Waals surface area contributed by atoms with Crippen LogP contribution in [0.1, 0.15) is 12.5 Å². The van der Waals surface area contributed by atoms with Crippen LogP contribution in [0.3, 0.4) is 0 Å². The minimum Gasteiger partial charge on any atom is -0.317 e. The molecular formula is C9H10BrNO. The molecule has 3 heteroatoms. The summed E-state index contributed by atoms with van der Waals surface area (Å²) in [6.45, 7) is 2.10. The van der Waals surface area contributed by atoms with E-state index in [0.717, 1.165) is 12.1 Å². The number of benzene rings is 1. The first-order chi connectivity index (χ1) is 5.72. The molecule has 0 saturated heterocycles. The number of amides is 1. The van der Waals surface area contributed by atoms with Gasteiger partial charge in [-0.15, -0.1) is 0 Å². The molecule has 0 bridgehead atoms. The van der Waals surface area contributed by atoms with Crippen molar-refractivity contribution in [3.63, 3.8) is 0 Å². The highest BCUT2D eigenvalue weighted by atomic mass is 79.9. The van der Waals surface area contributed by atoms with Crippen LogP contribution in [-0.2, 0) is 6.42 Å². The first kappa shape index (κ1) is 9.26. The second kappa shape index (κ2) is 4.26. The Morgan fingerprint density at radius 2 is 2.00 bits per heavy atom. The van der Waals surface area contributed by atoms with Gasteiger partial charge in [0.05, 0.1) is 0 Å². The monoisotopic (exact) mass is 227 g/mol. The van der Waals surface area contributed by atoms with Crippen molar-refractivity contribution >= 4 is 26.4 Å². The maximum absolute atomic E-state index is 10.6. The number of rotatable bonds is 2. The summed E-state index contributed by atoms with van der Waals surface area (Å²) in [5.41, 5.74) is 2.08. The van der Waals surface area contributed by atoms with E-state index in [2.05, 4.69) is 28.2 Å². The fraction of sp³-hybridized carbons (Fsp3) is 0.222. The highest BCUT2D eigenvalue weighted by Gasteiger charge is 1.95. The van der Waals surface area contributed by atoms with Gasteiger partial charge in [0, 0.05) is 21.6 Å². The van der Waals surface area contributed by atoms with Crippen molar-refractivity contribution in [1.82, 2.24) is 0 Å². The second-order valence-corrected chi connectivity index (χ2v) is 3.17. The Balaban J connectivity index is 2.71. The minimum atomic E-state index is -0.216. The van der Waals surface area contributed by atoms with Crippen molar-refractivity contribution in [3.05, 3.63) is 29.8 Å². The number of hydrogen-bond acceptors (Lipinski definition) is 1. The molecule has 0 atom stereocenters. The summed E-state index contributed by atoms with van der Waals surface area (Å²) < 4.78 is 0. The molecule has 0 aliphatic carbocycles. The lowest BCUT2D eigenvalue weighted by molar-refractivity contribution is 0.270. The van der Waals surface area contributed by atoms with Gasteiger partial charge in [0.25, 0.3) is 4.82 Å². The Kier molecular flexibility index (Phi) is 3.29. The van der Waals surface area contributed by atoms with Crippen molar-refractivity contribution in [2.75, 3.05) is 5.32 Å². The van der Waals surface area contributed by atoms with E-state index >= 15 is 0 Å². The van der Waals surface area contributed by atoms with Crippen molar-refractivity contribution in [2.45, 2.75) is 13.3 Å². The van der Waals surface area contributed by atoms with Crippen molar-refractivity contribution in [2.24, 2.45) is 0 Å². The molecule has 0 saturated carbocycles. The van der Waals surface area contributed by atoms with Gasteiger partial charge in [0.1, 0.15) is 0 Å². The molecule has 0 heterocycles. The fourth-order valence-corrected chi connectivity index (χ4v) is 1.17. The summed E-state index contributed by atoms with van der Waals surface area (Å²) in [6.07, 6.45) is 1.02. The van der Waals surface area contributed by atoms with Gasteiger partial charge in [-0.3, -0.25) is 4.79 Å². The van der Waals surface area contributed by atoms with Gasteiger partial charge in [-0.2, -0.15) is 0 Å². The molecule has 0 fully saturated rings. The molecule has 1 aromatic carbocycles. The number of nitrogens with one attached hydrogen (secondary N) is 1. The highest BCUT2D eigenvalue weighted by molar-refractivity contribution is 9.18. The van der Waals surface area contributed by atoms with E-state index in [1.54, 1.807) is 0 Å². The fourth-order valence-electron chi connectivity index (χ4n) is 0.937. The Morgan fingerprint density at radius 1 is 1.42 bits per heavy atom. The number of carbonyl (C=O) groups excluding carboxylic acids is 1. The van der Waals surface area contributed by atoms with Crippen LogP contribution in [0.2, 0.25) is 0 Å². The van der Waals surface area contributed by atoms with Crippen LogP contribution in [-0.4, -0.2) is 4.82 Å². The van der Waals surface area contributed by atoms with Crippen LogP contribution in [0, 0.1) is 0 Å². The quantitative estimate of drug-likeness (QED) is 0.611. The van der Waals surface area contributed by atoms with Gasteiger partial charge < -0.3 is 5.32 Å². The second-order valence-electron chi connectivity index (χ2n) is 2.45. The van der Waals surface area contributed by atoms with Crippen LogP contribution in [0.15, 0.2) is 24.3 Å². The highest BCUT2D eigenvalue weighted by Crippen LogP contribution is 2.10. The molecule has 0 spiro atoms. The van der Waals surface area contributed by atoms with Crippen LogP contribution >= 0.6 is 15.9 Å². The van der Waals surface area contributed by atoms with Crippen LogP contribution in [0.25, 0.3) is 0 Å². The van der Waals surface area contributed by atoms with Crippen LogP contribution in [0.5, 0.6) is 0 Å². The maximum atomic E-state index is 10.6. The lowest BCUT2D eigenvalue weighted by Crippen LogP contribution is -1.99. The first-order valence-corrected chi connectivity index (χ1v) is 4.57. The summed E-state index contributed by atoms with van der Waals surface area (Å²) in [5, 5.41) is 2.63. The molecule has 12 heavy (non-hydrogen) atoms. The zero-order valence-corrected chi connectivity index (χ0v) is 8.39. The average molecular weight is 228 g/mol. The van der Waals surface area contributed by atoms with Gasteiger partial charge in [-0.25, -0.2) is 0 Å². The molecule has 1 rings (SSSR count). The lowest BCUT2D eigenvalue weighted by Gasteiger charge is -2.01. The maximum Gasteiger partial charge on any atom is 0.291 e. The summed E-state index contributed by atoms with van der Waals surface area (Å²) in [6, 6.07) is 7.77. The molecule has 0 aromatic heterocycles. The predicted molar refractivity (Wildman–Crippen MR) is 53.8 cm³/mol. The third-order valence-electron chi connectivity index (χ3n) is 1.60. The van der Waals surface area contributed by atoms with Crippen molar-refractivity contribution < 1.29 is 4.79 Å². The zero-order valence-electron chi connectivity index (χ0n) is 6.80. The van der Waals surface area contributed by atoms with Crippen LogP contribution in [0.4, 0.5) is 10.5 Å². The molecular weight excluding hydrogens is 218 g/mol. The van der Waals surface area contributed by atoms with Gasteiger partial charge in [0.15, 0.2) is 0 Å². The summed E-state index contributed by atoms with van der Waals surface area (Å²) in [7, 11) is 0. The summed E-state index contributed by atoms with van der Waals surface area (Å²) in [4.78, 5) is 10.4. The van der Waals surface area contributed by atoms with E-state index < -0.39 is 0 Å². The van der Waals surface area contributed by atoms with Crippen molar-refractivity contribution in [3.8, 4) is 0 Å². The van der Waals surface area contributed by atoms with E-state index in [1.165, 1.54) is 5.56 Å². The topological polar surface area (TPSA) is 29.1 Å². The number of anilines is 1. The van der Waals surface area contributed by atoms with E-state index in [0.29, 0.717) is 0 Å². The largest absolute Gasteiger partial charge is 0.317 e. The molecule has 1 aromatic rings. The molecule has 0 aliphatic rings. The number of carbonyl (C=O) groups is 1. The zero-order chi connectivity index (χ0) is 8.97. The Bertz CT molecular complexity index is 268. The normalized spacial score (nSPS) is 9.50. The Morgan fingerprint density at radius 3 is 2.42 bits per heavy atom. The van der Waals surface area contributed by atoms with Gasteiger partial charge in [0.2, 0.25) is 0 Å². The molecule has 1 amide bonds. The molecule has 0 radical (unpaired) electrons. The summed E-state index contributed by atoms with van der Waals surface area (Å²) in [5.74, 6) is 0.